The molecular formula is C17H23BrNO2+. The highest BCUT2D eigenvalue weighted by Gasteiger charge is 2.56. The number of likely N-dealkylation sites (tertiary alicyclic amines) is 1. The number of carbonyl (C=O) groups excluding carboxylic acids is 1. The molecule has 1 saturated carbocycles. The van der Waals surface area contributed by atoms with Crippen molar-refractivity contribution < 1.29 is 14.0 Å². The van der Waals surface area contributed by atoms with Crippen LogP contribution in [0.5, 0.6) is 5.75 Å². The lowest BCUT2D eigenvalue weighted by atomic mass is 9.62. The van der Waals surface area contributed by atoms with Crippen LogP contribution >= 0.6 is 15.9 Å². The number of ketones is 1. The molecule has 1 heterocycles. The Hall–Kier alpha value is -0.870. The van der Waals surface area contributed by atoms with Gasteiger partial charge in [-0.15, -0.1) is 0 Å². The smallest absolute Gasteiger partial charge is 0.200 e. The monoisotopic (exact) mass is 352 g/mol. The molecule has 1 aromatic carbocycles. The Balaban J connectivity index is 2.11. The molecule has 3 nitrogen and oxygen atoms in total. The van der Waals surface area contributed by atoms with Gasteiger partial charge in [-0.2, -0.15) is 0 Å². The number of hydrogen-bond acceptors (Lipinski definition) is 2. The van der Waals surface area contributed by atoms with E-state index >= 15 is 0 Å². The van der Waals surface area contributed by atoms with Gasteiger partial charge < -0.3 is 9.22 Å². The van der Waals surface area contributed by atoms with Crippen molar-refractivity contribution in [3.05, 3.63) is 28.2 Å². The number of piperidine rings is 1. The molecule has 2 bridgehead atoms. The molecule has 1 saturated heterocycles. The van der Waals surface area contributed by atoms with Gasteiger partial charge in [-0.05, 0) is 40.4 Å². The summed E-state index contributed by atoms with van der Waals surface area (Å²) in [6.45, 7) is 1.06. The molecule has 0 spiro atoms. The second kappa shape index (κ2) is 5.10. The number of methoxy groups -OCH3 is 1. The van der Waals surface area contributed by atoms with E-state index in [1.807, 2.05) is 12.1 Å². The molecule has 0 aromatic heterocycles. The summed E-state index contributed by atoms with van der Waals surface area (Å²) in [5.41, 5.74) is 0.806. The summed E-state index contributed by atoms with van der Waals surface area (Å²) in [5.74, 6) is 1.25. The maximum absolute atomic E-state index is 13.2. The Morgan fingerprint density at radius 1 is 1.33 bits per heavy atom. The first-order chi connectivity index (χ1) is 9.92. The molecule has 2 atom stereocenters. The van der Waals surface area contributed by atoms with Gasteiger partial charge in [-0.3, -0.25) is 4.79 Å². The van der Waals surface area contributed by atoms with Crippen LogP contribution in [0, 0.1) is 0 Å². The van der Waals surface area contributed by atoms with E-state index in [0.29, 0.717) is 5.78 Å². The van der Waals surface area contributed by atoms with E-state index in [1.54, 1.807) is 7.11 Å². The van der Waals surface area contributed by atoms with Crippen molar-refractivity contribution in [2.24, 2.45) is 0 Å². The van der Waals surface area contributed by atoms with Crippen molar-refractivity contribution in [3.63, 3.8) is 0 Å². The lowest BCUT2D eigenvalue weighted by Gasteiger charge is -2.52. The molecule has 0 N–H and O–H groups in total. The Labute approximate surface area is 135 Å². The van der Waals surface area contributed by atoms with E-state index < -0.39 is 0 Å². The Morgan fingerprint density at radius 2 is 2.10 bits per heavy atom. The van der Waals surface area contributed by atoms with Crippen molar-refractivity contribution in [2.75, 3.05) is 27.7 Å². The number of fused-ring (bicyclic) bond motifs is 2. The Bertz CT molecular complexity index is 584. The fourth-order valence-electron chi connectivity index (χ4n) is 4.16. The van der Waals surface area contributed by atoms with Gasteiger partial charge in [-0.25, -0.2) is 0 Å². The van der Waals surface area contributed by atoms with Gasteiger partial charge in [0.15, 0.2) is 0 Å². The van der Waals surface area contributed by atoms with Crippen molar-refractivity contribution >= 4 is 21.7 Å². The van der Waals surface area contributed by atoms with E-state index in [2.05, 4.69) is 36.1 Å². The number of nitrogens with zero attached hydrogens (tertiary/aromatic N) is 1. The molecule has 0 radical (unpaired) electrons. The lowest BCUT2D eigenvalue weighted by molar-refractivity contribution is -0.910. The summed E-state index contributed by atoms with van der Waals surface area (Å²) in [4.78, 5) is 13.2. The summed E-state index contributed by atoms with van der Waals surface area (Å²) >= 11 is 3.67. The molecule has 114 valence electrons. The molecule has 1 aliphatic heterocycles. The molecule has 4 heteroatoms. The summed E-state index contributed by atoms with van der Waals surface area (Å²) in [5, 5.41) is 0. The standard InChI is InChI=1S/C17H23BrNO2/c1-19(2)11-10-17(9-5-7-13(19)16(17)20)12-6-4-8-14(21-3)15(12)18/h4,6,8,13H,5,7,9-11H2,1-3H3/q+1/t13-,17-/m0/s1. The van der Waals surface area contributed by atoms with Crippen LogP contribution in [0.4, 0.5) is 0 Å². The molecule has 21 heavy (non-hydrogen) atoms. The Kier molecular flexibility index (Phi) is 3.65. The fraction of sp³-hybridized carbons (Fsp3) is 0.588. The summed E-state index contributed by atoms with van der Waals surface area (Å²) in [6.07, 6.45) is 4.05. The number of carbonyl (C=O) groups is 1. The molecule has 1 aliphatic carbocycles. The molecular weight excluding hydrogens is 330 g/mol. The number of benzene rings is 1. The molecule has 1 aromatic rings. The van der Waals surface area contributed by atoms with E-state index in [4.69, 9.17) is 4.74 Å². The van der Waals surface area contributed by atoms with Crippen molar-refractivity contribution in [1.82, 2.24) is 0 Å². The van der Waals surface area contributed by atoms with E-state index in [9.17, 15) is 4.79 Å². The van der Waals surface area contributed by atoms with Gasteiger partial charge in [0.25, 0.3) is 0 Å². The third-order valence-electron chi connectivity index (χ3n) is 5.51. The van der Waals surface area contributed by atoms with Gasteiger partial charge in [-0.1, -0.05) is 12.1 Å². The third-order valence-corrected chi connectivity index (χ3v) is 6.33. The van der Waals surface area contributed by atoms with Crippen LogP contribution in [-0.2, 0) is 10.2 Å². The van der Waals surface area contributed by atoms with Crippen molar-refractivity contribution in [1.29, 1.82) is 0 Å². The van der Waals surface area contributed by atoms with Crippen molar-refractivity contribution in [3.8, 4) is 5.75 Å². The topological polar surface area (TPSA) is 26.3 Å². The summed E-state index contributed by atoms with van der Waals surface area (Å²) in [7, 11) is 6.06. The number of Topliss-reactive ketones (excluding diaryl/α,β-unsaturated/α-hetero) is 1. The lowest BCUT2D eigenvalue weighted by Crippen LogP contribution is -2.65. The quantitative estimate of drug-likeness (QED) is 0.763. The fourth-order valence-corrected chi connectivity index (χ4v) is 4.97. The average Bonchev–Trinajstić information content (AvgIpc) is 2.45. The van der Waals surface area contributed by atoms with Gasteiger partial charge in [0.1, 0.15) is 11.8 Å². The average molecular weight is 353 g/mol. The maximum atomic E-state index is 13.2. The van der Waals surface area contributed by atoms with Gasteiger partial charge in [0.05, 0.1) is 37.6 Å². The first-order valence-corrected chi connectivity index (χ1v) is 8.42. The van der Waals surface area contributed by atoms with Gasteiger partial charge in [0, 0.05) is 12.8 Å². The second-order valence-electron chi connectivity index (χ2n) is 6.93. The molecule has 0 unspecified atom stereocenters. The van der Waals surface area contributed by atoms with E-state index in [0.717, 1.165) is 52.5 Å². The van der Waals surface area contributed by atoms with Crippen LogP contribution in [0.2, 0.25) is 0 Å². The van der Waals surface area contributed by atoms with E-state index in [1.165, 1.54) is 0 Å². The third kappa shape index (κ3) is 2.15. The highest BCUT2D eigenvalue weighted by molar-refractivity contribution is 9.10. The Morgan fingerprint density at radius 3 is 2.81 bits per heavy atom. The molecule has 0 amide bonds. The zero-order chi connectivity index (χ0) is 15.3. The minimum absolute atomic E-state index is 0.144. The number of quaternary nitrogens is 1. The molecule has 3 rings (SSSR count). The normalized spacial score (nSPS) is 31.0. The van der Waals surface area contributed by atoms with Crippen LogP contribution in [0.3, 0.4) is 0 Å². The van der Waals surface area contributed by atoms with Crippen LogP contribution < -0.4 is 4.74 Å². The van der Waals surface area contributed by atoms with Crippen LogP contribution in [0.1, 0.15) is 31.2 Å². The predicted molar refractivity (Wildman–Crippen MR) is 86.6 cm³/mol. The maximum Gasteiger partial charge on any atom is 0.200 e. The minimum atomic E-state index is -0.315. The number of halogens is 1. The second-order valence-corrected chi connectivity index (χ2v) is 7.72. The number of ether oxygens (including phenoxy) is 1. The minimum Gasteiger partial charge on any atom is -0.496 e. The van der Waals surface area contributed by atoms with E-state index in [-0.39, 0.29) is 11.5 Å². The molecule has 2 aliphatic rings. The highest BCUT2D eigenvalue weighted by Crippen LogP contribution is 2.49. The predicted octanol–water partition coefficient (Wildman–Crippen LogP) is 3.30. The van der Waals surface area contributed by atoms with Crippen LogP contribution in [0.25, 0.3) is 0 Å². The van der Waals surface area contributed by atoms with Gasteiger partial charge >= 0.3 is 0 Å². The summed E-state index contributed by atoms with van der Waals surface area (Å²) in [6, 6.07) is 6.18. The molecule has 2 fully saturated rings. The first kappa shape index (κ1) is 15.0. The summed E-state index contributed by atoms with van der Waals surface area (Å²) < 4.78 is 7.21. The SMILES string of the molecule is COc1cccc([C@@]23CCC[C@@H](C2=O)[N+](C)(C)CC3)c1Br. The van der Waals surface area contributed by atoms with Crippen molar-refractivity contribution in [2.45, 2.75) is 37.1 Å². The van der Waals surface area contributed by atoms with Crippen LogP contribution in [0.15, 0.2) is 22.7 Å². The largest absolute Gasteiger partial charge is 0.496 e. The van der Waals surface area contributed by atoms with Gasteiger partial charge in [0.2, 0.25) is 5.78 Å². The zero-order valence-electron chi connectivity index (χ0n) is 13.0. The highest BCUT2D eigenvalue weighted by atomic mass is 79.9. The zero-order valence-corrected chi connectivity index (χ0v) is 14.6. The first-order valence-electron chi connectivity index (χ1n) is 7.62. The number of likely N-dealkylation sites (N-methyl/N-ethyl adjacent to an activating group) is 1. The van der Waals surface area contributed by atoms with Crippen LogP contribution in [-0.4, -0.2) is 44.1 Å². The number of rotatable bonds is 2. The number of hydrogen-bond donors (Lipinski definition) is 0.